The average molecular weight is 650 g/mol. The van der Waals surface area contributed by atoms with Crippen LogP contribution in [0, 0.1) is 0 Å². The first-order valence-electron chi connectivity index (χ1n) is 16.9. The molecule has 0 saturated heterocycles. The Morgan fingerprint density at radius 2 is 1.18 bits per heavy atom. The van der Waals surface area contributed by atoms with Crippen molar-refractivity contribution in [3.63, 3.8) is 0 Å². The summed E-state index contributed by atoms with van der Waals surface area (Å²) < 4.78 is 6.52. The van der Waals surface area contributed by atoms with Crippen LogP contribution >= 0.6 is 0 Å². The van der Waals surface area contributed by atoms with Crippen molar-refractivity contribution in [3.8, 4) is 28.3 Å². The van der Waals surface area contributed by atoms with Gasteiger partial charge in [0.05, 0.1) is 5.52 Å². The Labute approximate surface area is 291 Å². The van der Waals surface area contributed by atoms with Crippen LogP contribution in [0.2, 0.25) is 0 Å². The fourth-order valence-electron chi connectivity index (χ4n) is 6.74. The van der Waals surface area contributed by atoms with Gasteiger partial charge in [0, 0.05) is 22.7 Å². The number of aromatic nitrogens is 5. The van der Waals surface area contributed by atoms with Crippen molar-refractivity contribution in [2.24, 2.45) is 0 Å². The first-order chi connectivity index (χ1) is 24.7. The number of hydrogen-bond donors (Lipinski definition) is 0. The molecule has 0 saturated carbocycles. The van der Waals surface area contributed by atoms with Crippen molar-refractivity contribution in [2.45, 2.75) is 25.5 Å². The molecule has 50 heavy (non-hydrogen) atoms. The predicted octanol–water partition coefficient (Wildman–Crippen LogP) is 9.54. The molecule has 2 heterocycles. The van der Waals surface area contributed by atoms with Crippen molar-refractivity contribution >= 4 is 10.9 Å². The average Bonchev–Trinajstić information content (AvgIpc) is 3.69. The van der Waals surface area contributed by atoms with Gasteiger partial charge in [-0.3, -0.25) is 4.98 Å². The lowest BCUT2D eigenvalue weighted by Gasteiger charge is -2.34. The molecular weight excluding hydrogens is 615 g/mol. The van der Waals surface area contributed by atoms with E-state index in [1.165, 1.54) is 0 Å². The number of ether oxygens (including phenoxy) is 1. The van der Waals surface area contributed by atoms with E-state index >= 15 is 0 Å². The number of nitrogens with zero attached hydrogens (tertiary/aromatic N) is 5. The van der Waals surface area contributed by atoms with Crippen LogP contribution in [0.25, 0.3) is 33.4 Å². The summed E-state index contributed by atoms with van der Waals surface area (Å²) in [7, 11) is 0. The molecule has 0 spiro atoms. The minimum atomic E-state index is -0.873. The van der Waals surface area contributed by atoms with Gasteiger partial charge in [0.15, 0.2) is 5.54 Å². The maximum Gasteiger partial charge on any atom is 0.205 e. The molecule has 0 unspecified atom stereocenters. The highest BCUT2D eigenvalue weighted by atomic mass is 16.5. The van der Waals surface area contributed by atoms with E-state index in [0.29, 0.717) is 12.4 Å². The van der Waals surface area contributed by atoms with Gasteiger partial charge in [-0.1, -0.05) is 153 Å². The van der Waals surface area contributed by atoms with E-state index in [-0.39, 0.29) is 0 Å². The molecule has 6 aromatic carbocycles. The Hall–Kier alpha value is -6.40. The Balaban J connectivity index is 1.26. The highest BCUT2D eigenvalue weighted by Crippen LogP contribution is 2.40. The van der Waals surface area contributed by atoms with Crippen LogP contribution in [0.3, 0.4) is 0 Å². The molecular formula is C44H35N5O. The predicted molar refractivity (Wildman–Crippen MR) is 199 cm³/mol. The van der Waals surface area contributed by atoms with Crippen LogP contribution < -0.4 is 4.74 Å². The second kappa shape index (κ2) is 13.6. The number of hydrogen-bond acceptors (Lipinski definition) is 5. The van der Waals surface area contributed by atoms with Crippen molar-refractivity contribution in [1.82, 2.24) is 25.2 Å². The van der Waals surface area contributed by atoms with E-state index in [0.717, 1.165) is 67.7 Å². The maximum atomic E-state index is 6.52. The van der Waals surface area contributed by atoms with Gasteiger partial charge in [-0.2, -0.15) is 0 Å². The zero-order valence-corrected chi connectivity index (χ0v) is 27.7. The number of rotatable bonds is 10. The molecule has 6 nitrogen and oxygen atoms in total. The molecule has 0 bridgehead atoms. The zero-order chi connectivity index (χ0) is 33.8. The number of para-hydroxylation sites is 1. The van der Waals surface area contributed by atoms with Gasteiger partial charge in [0.2, 0.25) is 5.82 Å². The zero-order valence-electron chi connectivity index (χ0n) is 27.7. The molecule has 0 fully saturated rings. The smallest absolute Gasteiger partial charge is 0.205 e. The quantitative estimate of drug-likeness (QED) is 0.138. The summed E-state index contributed by atoms with van der Waals surface area (Å²) in [5, 5.41) is 15.8. The van der Waals surface area contributed by atoms with E-state index in [2.05, 4.69) is 116 Å². The molecule has 0 N–H and O–H groups in total. The van der Waals surface area contributed by atoms with Crippen molar-refractivity contribution < 1.29 is 4.74 Å². The number of tetrazole rings is 1. The van der Waals surface area contributed by atoms with Crippen LogP contribution in [-0.4, -0.2) is 25.2 Å². The van der Waals surface area contributed by atoms with Gasteiger partial charge in [-0.15, -0.1) is 15.0 Å². The number of pyridine rings is 1. The summed E-state index contributed by atoms with van der Waals surface area (Å²) in [5.41, 5.74) is 8.10. The van der Waals surface area contributed by atoms with E-state index in [4.69, 9.17) is 25.1 Å². The second-order valence-corrected chi connectivity index (χ2v) is 12.2. The van der Waals surface area contributed by atoms with Crippen LogP contribution in [0.15, 0.2) is 170 Å². The largest absolute Gasteiger partial charge is 0.488 e. The van der Waals surface area contributed by atoms with Crippen molar-refractivity contribution in [2.75, 3.05) is 0 Å². The van der Waals surface area contributed by atoms with Crippen LogP contribution in [0.4, 0.5) is 0 Å². The van der Waals surface area contributed by atoms with E-state index in [9.17, 15) is 0 Å². The molecule has 0 radical (unpaired) electrons. The highest BCUT2D eigenvalue weighted by Gasteiger charge is 2.41. The van der Waals surface area contributed by atoms with Crippen LogP contribution in [-0.2, 0) is 18.6 Å². The standard InChI is InChI=1S/C44H35N5O/c1-2-37-30-42(39-25-15-16-26-41(39)45-37)50-31-32-27-28-38(33-17-7-3-8-18-33)40(29-32)43-46-48-49(47-43)44(34-19-9-4-10-20-34,35-21-11-5-12-22-35)36-23-13-6-14-24-36/h3-30H,2,31H2,1H3. The van der Waals surface area contributed by atoms with Gasteiger partial charge in [-0.25, -0.2) is 0 Å². The van der Waals surface area contributed by atoms with E-state index in [1.54, 1.807) is 4.80 Å². The molecule has 6 heteroatoms. The third-order valence-corrected chi connectivity index (χ3v) is 9.19. The lowest BCUT2D eigenvalue weighted by Crippen LogP contribution is -2.39. The Bertz CT molecular complexity index is 2260. The number of aryl methyl sites for hydroxylation is 1. The van der Waals surface area contributed by atoms with Crippen molar-refractivity contribution in [1.29, 1.82) is 0 Å². The minimum Gasteiger partial charge on any atom is -0.488 e. The van der Waals surface area contributed by atoms with Crippen LogP contribution in [0.5, 0.6) is 5.75 Å². The molecule has 8 rings (SSSR count). The third kappa shape index (κ3) is 5.71. The lowest BCUT2D eigenvalue weighted by atomic mass is 9.77. The first-order valence-corrected chi connectivity index (χ1v) is 16.9. The molecule has 242 valence electrons. The molecule has 2 aromatic heterocycles. The molecule has 0 aliphatic carbocycles. The topological polar surface area (TPSA) is 65.7 Å². The number of benzene rings is 6. The summed E-state index contributed by atoms with van der Waals surface area (Å²) in [6.45, 7) is 2.48. The molecule has 0 aliphatic heterocycles. The third-order valence-electron chi connectivity index (χ3n) is 9.19. The summed E-state index contributed by atoms with van der Waals surface area (Å²) in [4.78, 5) is 6.56. The monoisotopic (exact) mass is 649 g/mol. The summed E-state index contributed by atoms with van der Waals surface area (Å²) in [5.74, 6) is 1.35. The molecule has 8 aromatic rings. The second-order valence-electron chi connectivity index (χ2n) is 12.2. The number of fused-ring (bicyclic) bond motifs is 1. The van der Waals surface area contributed by atoms with E-state index in [1.807, 2.05) is 60.7 Å². The minimum absolute atomic E-state index is 0.370. The normalized spacial score (nSPS) is 11.5. The summed E-state index contributed by atoms with van der Waals surface area (Å²) in [6.07, 6.45) is 0.828. The molecule has 0 amide bonds. The fraction of sp³-hybridized carbons (Fsp3) is 0.0909. The maximum absolute atomic E-state index is 6.52. The summed E-state index contributed by atoms with van der Waals surface area (Å²) in [6, 6.07) is 58.1. The summed E-state index contributed by atoms with van der Waals surface area (Å²) >= 11 is 0. The van der Waals surface area contributed by atoms with E-state index < -0.39 is 5.54 Å². The van der Waals surface area contributed by atoms with Gasteiger partial charge >= 0.3 is 0 Å². The first kappa shape index (κ1) is 30.9. The van der Waals surface area contributed by atoms with Gasteiger partial charge < -0.3 is 4.74 Å². The van der Waals surface area contributed by atoms with Gasteiger partial charge in [-0.05, 0) is 63.2 Å². The SMILES string of the molecule is CCc1cc(OCc2ccc(-c3ccccc3)c(-c3nnn(C(c4ccccc4)(c4ccccc4)c4ccccc4)n3)c2)c2ccccc2n1. The lowest BCUT2D eigenvalue weighted by molar-refractivity contribution is 0.309. The molecule has 0 aliphatic rings. The van der Waals surface area contributed by atoms with Crippen LogP contribution in [0.1, 0.15) is 34.9 Å². The Kier molecular flexibility index (Phi) is 8.41. The Morgan fingerprint density at radius 1 is 0.600 bits per heavy atom. The van der Waals surface area contributed by atoms with Gasteiger partial charge in [0.25, 0.3) is 0 Å². The fourth-order valence-corrected chi connectivity index (χ4v) is 6.74. The van der Waals surface area contributed by atoms with Crippen molar-refractivity contribution in [3.05, 3.63) is 198 Å². The van der Waals surface area contributed by atoms with Gasteiger partial charge in [0.1, 0.15) is 12.4 Å². The Morgan fingerprint density at radius 3 is 1.80 bits per heavy atom. The molecule has 0 atom stereocenters. The highest BCUT2D eigenvalue weighted by molar-refractivity contribution is 5.85.